The van der Waals surface area contributed by atoms with Crippen molar-refractivity contribution in [3.8, 4) is 0 Å². The summed E-state index contributed by atoms with van der Waals surface area (Å²) in [4.78, 5) is 4.98. The molecule has 24 heavy (non-hydrogen) atoms. The number of allylic oxidation sites excluding steroid dienone is 8. The number of rotatable bonds is 8. The largest absolute Gasteiger partial charge is 0.416 e. The van der Waals surface area contributed by atoms with E-state index in [2.05, 4.69) is 64.3 Å². The van der Waals surface area contributed by atoms with Gasteiger partial charge in [-0.3, -0.25) is 0 Å². The Morgan fingerprint density at radius 2 is 1.75 bits per heavy atom. The summed E-state index contributed by atoms with van der Waals surface area (Å²) < 4.78 is 0. The standard InChI is InChI=1S/C22H29NO/c1-7-12-19(8-2)22(20-13-10-9-11-14-20)17(5)15-21(16(3)4)18(6)24-23/h7-16,22H,1-2,23H2,3-6H3/b17-15+,19-12+,21-18-. The molecule has 0 bridgehead atoms. The van der Waals surface area contributed by atoms with Gasteiger partial charge < -0.3 is 4.84 Å². The lowest BCUT2D eigenvalue weighted by atomic mass is 9.83. The highest BCUT2D eigenvalue weighted by atomic mass is 16.6. The van der Waals surface area contributed by atoms with E-state index in [0.717, 1.165) is 16.9 Å². The summed E-state index contributed by atoms with van der Waals surface area (Å²) >= 11 is 0. The van der Waals surface area contributed by atoms with Crippen LogP contribution in [0.2, 0.25) is 0 Å². The van der Waals surface area contributed by atoms with E-state index in [1.165, 1.54) is 11.1 Å². The van der Waals surface area contributed by atoms with Crippen LogP contribution in [0.25, 0.3) is 0 Å². The Labute approximate surface area is 146 Å². The molecule has 0 saturated carbocycles. The summed E-state index contributed by atoms with van der Waals surface area (Å²) in [6, 6.07) is 10.4. The molecule has 0 heterocycles. The Hall–Kier alpha value is -2.32. The second kappa shape index (κ2) is 9.74. The van der Waals surface area contributed by atoms with Gasteiger partial charge in [0.15, 0.2) is 0 Å². The van der Waals surface area contributed by atoms with Gasteiger partial charge >= 0.3 is 0 Å². The van der Waals surface area contributed by atoms with E-state index in [0.29, 0.717) is 5.92 Å². The quantitative estimate of drug-likeness (QED) is 0.371. The Bertz CT molecular complexity index is 648. The summed E-state index contributed by atoms with van der Waals surface area (Å²) in [6.07, 6.45) is 7.87. The maximum atomic E-state index is 5.38. The van der Waals surface area contributed by atoms with Crippen molar-refractivity contribution in [2.75, 3.05) is 0 Å². The van der Waals surface area contributed by atoms with Crippen LogP contribution in [0.15, 0.2) is 90.3 Å². The zero-order valence-corrected chi connectivity index (χ0v) is 15.3. The SMILES string of the molecule is C=C/C=C(\C=C)C(/C(C)=C/C(=C(\C)ON)C(C)C)c1ccccc1. The molecule has 0 aliphatic heterocycles. The van der Waals surface area contributed by atoms with Gasteiger partial charge in [0.05, 0.1) is 0 Å². The zero-order chi connectivity index (χ0) is 18.1. The van der Waals surface area contributed by atoms with Gasteiger partial charge in [-0.25, -0.2) is 0 Å². The van der Waals surface area contributed by atoms with Crippen LogP contribution in [0.4, 0.5) is 0 Å². The smallest absolute Gasteiger partial charge is 0.124 e. The van der Waals surface area contributed by atoms with Crippen molar-refractivity contribution in [2.45, 2.75) is 33.6 Å². The lowest BCUT2D eigenvalue weighted by molar-refractivity contribution is 0.217. The van der Waals surface area contributed by atoms with Crippen molar-refractivity contribution >= 4 is 0 Å². The van der Waals surface area contributed by atoms with Gasteiger partial charge in [0.2, 0.25) is 0 Å². The average Bonchev–Trinajstić information content (AvgIpc) is 2.59. The van der Waals surface area contributed by atoms with Crippen LogP contribution >= 0.6 is 0 Å². The van der Waals surface area contributed by atoms with Crippen molar-refractivity contribution in [3.63, 3.8) is 0 Å². The van der Waals surface area contributed by atoms with Gasteiger partial charge in [-0.05, 0) is 36.5 Å². The topological polar surface area (TPSA) is 35.2 Å². The molecule has 0 aliphatic carbocycles. The van der Waals surface area contributed by atoms with Crippen LogP contribution in [-0.4, -0.2) is 0 Å². The van der Waals surface area contributed by atoms with Crippen molar-refractivity contribution in [1.82, 2.24) is 0 Å². The molecule has 0 saturated heterocycles. The molecule has 0 radical (unpaired) electrons. The van der Waals surface area contributed by atoms with Crippen LogP contribution in [-0.2, 0) is 4.84 Å². The van der Waals surface area contributed by atoms with Gasteiger partial charge in [-0.15, -0.1) is 0 Å². The predicted octanol–water partition coefficient (Wildman–Crippen LogP) is 5.84. The molecule has 128 valence electrons. The molecule has 1 rings (SSSR count). The van der Waals surface area contributed by atoms with Crippen LogP contribution in [0.5, 0.6) is 0 Å². The Kier molecular flexibility index (Phi) is 8.00. The molecule has 2 N–H and O–H groups in total. The molecule has 1 aromatic rings. The predicted molar refractivity (Wildman–Crippen MR) is 104 cm³/mol. The average molecular weight is 323 g/mol. The second-order valence-corrected chi connectivity index (χ2v) is 6.12. The Balaban J connectivity index is 3.49. The number of hydrogen-bond donors (Lipinski definition) is 1. The zero-order valence-electron chi connectivity index (χ0n) is 15.3. The van der Waals surface area contributed by atoms with Crippen LogP contribution in [0.3, 0.4) is 0 Å². The van der Waals surface area contributed by atoms with E-state index in [1.807, 2.05) is 25.1 Å². The molecule has 1 unspecified atom stereocenters. The number of nitrogens with two attached hydrogens (primary N) is 1. The highest BCUT2D eigenvalue weighted by Crippen LogP contribution is 2.34. The van der Waals surface area contributed by atoms with Crippen molar-refractivity contribution in [3.05, 3.63) is 95.8 Å². The summed E-state index contributed by atoms with van der Waals surface area (Å²) in [7, 11) is 0. The fraction of sp³-hybridized carbons (Fsp3) is 0.273. The molecule has 0 amide bonds. The fourth-order valence-corrected chi connectivity index (χ4v) is 2.85. The van der Waals surface area contributed by atoms with Gasteiger partial charge in [0, 0.05) is 5.92 Å². The molecule has 1 atom stereocenters. The maximum Gasteiger partial charge on any atom is 0.124 e. The fourth-order valence-electron chi connectivity index (χ4n) is 2.85. The van der Waals surface area contributed by atoms with E-state index in [9.17, 15) is 0 Å². The lowest BCUT2D eigenvalue weighted by Gasteiger charge is -2.22. The van der Waals surface area contributed by atoms with Crippen LogP contribution < -0.4 is 5.90 Å². The minimum Gasteiger partial charge on any atom is -0.416 e. The minimum atomic E-state index is 0.112. The maximum absolute atomic E-state index is 5.38. The molecule has 2 heteroatoms. The normalized spacial score (nSPS) is 14.9. The summed E-state index contributed by atoms with van der Waals surface area (Å²) in [5.41, 5.74) is 4.63. The molecule has 0 fully saturated rings. The molecule has 0 aromatic heterocycles. The molecule has 0 spiro atoms. The van der Waals surface area contributed by atoms with Crippen molar-refractivity contribution < 1.29 is 4.84 Å². The monoisotopic (exact) mass is 323 g/mol. The molecule has 0 aliphatic rings. The highest BCUT2D eigenvalue weighted by Gasteiger charge is 2.18. The summed E-state index contributed by atoms with van der Waals surface area (Å²) in [6.45, 7) is 16.1. The first kappa shape index (κ1) is 19.7. The molecular formula is C22H29NO. The lowest BCUT2D eigenvalue weighted by Crippen LogP contribution is -2.07. The second-order valence-electron chi connectivity index (χ2n) is 6.12. The van der Waals surface area contributed by atoms with Gasteiger partial charge in [0.25, 0.3) is 0 Å². The molecule has 1 aromatic carbocycles. The number of benzene rings is 1. The molecule has 2 nitrogen and oxygen atoms in total. The van der Waals surface area contributed by atoms with Crippen LogP contribution in [0, 0.1) is 5.92 Å². The summed E-state index contributed by atoms with van der Waals surface area (Å²) in [5.74, 6) is 6.55. The van der Waals surface area contributed by atoms with E-state index in [-0.39, 0.29) is 5.92 Å². The minimum absolute atomic E-state index is 0.112. The number of hydrogen-bond acceptors (Lipinski definition) is 2. The van der Waals surface area contributed by atoms with Crippen molar-refractivity contribution in [1.29, 1.82) is 0 Å². The summed E-state index contributed by atoms with van der Waals surface area (Å²) in [5, 5.41) is 0. The van der Waals surface area contributed by atoms with Crippen LogP contribution in [0.1, 0.15) is 39.2 Å². The van der Waals surface area contributed by atoms with Gasteiger partial charge in [-0.1, -0.05) is 87.2 Å². The third-order valence-corrected chi connectivity index (χ3v) is 4.06. The first-order chi connectivity index (χ1) is 11.5. The van der Waals surface area contributed by atoms with E-state index < -0.39 is 0 Å². The third kappa shape index (κ3) is 5.10. The van der Waals surface area contributed by atoms with Gasteiger partial charge in [-0.2, -0.15) is 5.90 Å². The molecular weight excluding hydrogens is 294 g/mol. The van der Waals surface area contributed by atoms with E-state index in [4.69, 9.17) is 10.7 Å². The Morgan fingerprint density at radius 3 is 2.21 bits per heavy atom. The van der Waals surface area contributed by atoms with E-state index in [1.54, 1.807) is 6.08 Å². The Morgan fingerprint density at radius 1 is 1.12 bits per heavy atom. The first-order valence-electron chi connectivity index (χ1n) is 8.21. The van der Waals surface area contributed by atoms with Gasteiger partial charge in [0.1, 0.15) is 5.76 Å². The highest BCUT2D eigenvalue weighted by molar-refractivity contribution is 5.45. The third-order valence-electron chi connectivity index (χ3n) is 4.06. The van der Waals surface area contributed by atoms with Crippen molar-refractivity contribution in [2.24, 2.45) is 11.8 Å². The van der Waals surface area contributed by atoms with E-state index >= 15 is 0 Å². The first-order valence-corrected chi connectivity index (χ1v) is 8.21.